The zero-order valence-electron chi connectivity index (χ0n) is 17.5. The summed E-state index contributed by atoms with van der Waals surface area (Å²) in [7, 11) is -4.16. The largest absolute Gasteiger partial charge is 0.480 e. The average Bonchev–Trinajstić information content (AvgIpc) is 3.36. The van der Waals surface area contributed by atoms with Crippen LogP contribution in [-0.4, -0.2) is 30.5 Å². The number of aromatic nitrogens is 1. The van der Waals surface area contributed by atoms with E-state index in [0.29, 0.717) is 10.6 Å². The van der Waals surface area contributed by atoms with E-state index < -0.39 is 27.3 Å². The summed E-state index contributed by atoms with van der Waals surface area (Å²) in [6, 6.07) is 20.6. The molecule has 0 radical (unpaired) electrons. The van der Waals surface area contributed by atoms with Crippen LogP contribution < -0.4 is 4.72 Å². The van der Waals surface area contributed by atoms with Gasteiger partial charge in [0.25, 0.3) is 5.22 Å². The standard InChI is InChI=1S/C24H19ClN2O5S2/c25-19-10-6-16(7-11-19)17-8-12-20(13-9-17)34(30,31)27-21(23(28)29)22(18-4-2-1-3-5-18)33-24-26-14-15-32-24/h1-15,21-22,27H,(H,28,29)/t21-,22-/m1/s1. The van der Waals surface area contributed by atoms with Crippen molar-refractivity contribution < 1.29 is 22.7 Å². The molecule has 0 spiro atoms. The van der Waals surface area contributed by atoms with E-state index in [-0.39, 0.29) is 10.1 Å². The van der Waals surface area contributed by atoms with Crippen molar-refractivity contribution in [2.24, 2.45) is 0 Å². The number of carboxylic acids is 1. The van der Waals surface area contributed by atoms with Gasteiger partial charge in [0.2, 0.25) is 10.0 Å². The molecule has 2 atom stereocenters. The molecular formula is C24H19ClN2O5S2. The second-order valence-corrected chi connectivity index (χ2v) is 10.5. The van der Waals surface area contributed by atoms with Crippen LogP contribution in [0.3, 0.4) is 0 Å². The van der Waals surface area contributed by atoms with Gasteiger partial charge in [-0.05, 0) is 41.0 Å². The van der Waals surface area contributed by atoms with E-state index in [1.807, 2.05) is 12.1 Å². The van der Waals surface area contributed by atoms with E-state index in [1.54, 1.807) is 54.6 Å². The number of sulfonamides is 1. The summed E-state index contributed by atoms with van der Waals surface area (Å²) < 4.78 is 33.9. The first kappa shape index (κ1) is 24.0. The Labute approximate surface area is 205 Å². The van der Waals surface area contributed by atoms with E-state index in [1.165, 1.54) is 24.6 Å². The molecule has 0 aliphatic heterocycles. The third-order valence-corrected chi connectivity index (χ3v) is 7.87. The molecule has 0 saturated heterocycles. The summed E-state index contributed by atoms with van der Waals surface area (Å²) in [4.78, 5) is 16.2. The van der Waals surface area contributed by atoms with Gasteiger partial charge in [0, 0.05) is 5.02 Å². The SMILES string of the molecule is O=C(O)[C@H](NS(=O)(=O)c1ccc(-c2ccc(Cl)cc2)cc1)[C@H](Sc1ncco1)c1ccccc1. The van der Waals surface area contributed by atoms with Gasteiger partial charge in [-0.15, -0.1) is 0 Å². The Morgan fingerprint density at radius 3 is 2.15 bits per heavy atom. The van der Waals surface area contributed by atoms with Gasteiger partial charge in [-0.3, -0.25) is 4.79 Å². The fraction of sp³-hybridized carbons (Fsp3) is 0.0833. The van der Waals surface area contributed by atoms with Crippen molar-refractivity contribution in [3.8, 4) is 11.1 Å². The first-order valence-electron chi connectivity index (χ1n) is 10.1. The Kier molecular flexibility index (Phi) is 7.38. The summed E-state index contributed by atoms with van der Waals surface area (Å²) in [6.45, 7) is 0. The van der Waals surface area contributed by atoms with Gasteiger partial charge in [-0.2, -0.15) is 4.72 Å². The monoisotopic (exact) mass is 514 g/mol. The molecule has 1 aromatic heterocycles. The molecule has 4 rings (SSSR count). The molecule has 0 saturated carbocycles. The summed E-state index contributed by atoms with van der Waals surface area (Å²) >= 11 is 6.95. The second kappa shape index (κ2) is 10.4. The fourth-order valence-electron chi connectivity index (χ4n) is 3.29. The van der Waals surface area contributed by atoms with Crippen molar-refractivity contribution in [2.75, 3.05) is 0 Å². The summed E-state index contributed by atoms with van der Waals surface area (Å²) in [5, 5.41) is 9.95. The molecule has 174 valence electrons. The van der Waals surface area contributed by atoms with Crippen LogP contribution in [0.25, 0.3) is 11.1 Å². The lowest BCUT2D eigenvalue weighted by Gasteiger charge is -2.23. The number of carboxylic acid groups (broad SMARTS) is 1. The van der Waals surface area contributed by atoms with Crippen molar-refractivity contribution in [1.29, 1.82) is 0 Å². The molecular weight excluding hydrogens is 496 g/mol. The van der Waals surface area contributed by atoms with Gasteiger partial charge in [-0.25, -0.2) is 13.4 Å². The third-order valence-electron chi connectivity index (χ3n) is 4.96. The number of nitrogens with one attached hydrogen (secondary N) is 1. The van der Waals surface area contributed by atoms with Crippen molar-refractivity contribution in [1.82, 2.24) is 9.71 Å². The number of benzene rings is 3. The minimum Gasteiger partial charge on any atom is -0.480 e. The summed E-state index contributed by atoms with van der Waals surface area (Å²) in [5.74, 6) is -1.32. The highest BCUT2D eigenvalue weighted by atomic mass is 35.5. The van der Waals surface area contributed by atoms with Crippen LogP contribution in [0.15, 0.2) is 106 Å². The zero-order valence-corrected chi connectivity index (χ0v) is 19.9. The molecule has 4 aromatic rings. The van der Waals surface area contributed by atoms with Gasteiger partial charge < -0.3 is 9.52 Å². The van der Waals surface area contributed by atoms with Crippen molar-refractivity contribution in [3.63, 3.8) is 0 Å². The molecule has 0 aliphatic carbocycles. The van der Waals surface area contributed by atoms with Gasteiger partial charge >= 0.3 is 5.97 Å². The topological polar surface area (TPSA) is 110 Å². The normalized spacial score (nSPS) is 13.3. The van der Waals surface area contributed by atoms with Crippen molar-refractivity contribution >= 4 is 39.4 Å². The fourth-order valence-corrected chi connectivity index (χ4v) is 5.77. The molecule has 1 heterocycles. The number of oxazole rings is 1. The molecule has 2 N–H and O–H groups in total. The van der Waals surface area contributed by atoms with Crippen molar-refractivity contribution in [2.45, 2.75) is 21.4 Å². The number of nitrogens with zero attached hydrogens (tertiary/aromatic N) is 1. The Morgan fingerprint density at radius 2 is 1.59 bits per heavy atom. The van der Waals surface area contributed by atoms with Gasteiger partial charge in [-0.1, -0.05) is 78.0 Å². The quantitative estimate of drug-likeness (QED) is 0.293. The lowest BCUT2D eigenvalue weighted by molar-refractivity contribution is -0.139. The Morgan fingerprint density at radius 1 is 0.971 bits per heavy atom. The molecule has 0 fully saturated rings. The van der Waals surface area contributed by atoms with Crippen LogP contribution >= 0.6 is 23.4 Å². The molecule has 34 heavy (non-hydrogen) atoms. The Hall–Kier alpha value is -3.11. The van der Waals surface area contributed by atoms with E-state index >= 15 is 0 Å². The number of rotatable bonds is 9. The van der Waals surface area contributed by atoms with Crippen LogP contribution in [-0.2, 0) is 14.8 Å². The molecule has 0 unspecified atom stereocenters. The smallest absolute Gasteiger partial charge is 0.323 e. The highest BCUT2D eigenvalue weighted by molar-refractivity contribution is 7.99. The number of thioether (sulfide) groups is 1. The maximum Gasteiger partial charge on any atom is 0.323 e. The number of aliphatic carboxylic acids is 1. The number of halogens is 1. The minimum atomic E-state index is -4.16. The maximum absolute atomic E-state index is 13.1. The van der Waals surface area contributed by atoms with Gasteiger partial charge in [0.15, 0.2) is 0 Å². The number of carbonyl (C=O) groups is 1. The highest BCUT2D eigenvalue weighted by Crippen LogP contribution is 2.37. The third kappa shape index (κ3) is 5.68. The van der Waals surface area contributed by atoms with Crippen molar-refractivity contribution in [3.05, 3.63) is 102 Å². The van der Waals surface area contributed by atoms with Crippen LogP contribution in [0.5, 0.6) is 0 Å². The van der Waals surface area contributed by atoms with Crippen LogP contribution in [0.2, 0.25) is 5.02 Å². The van der Waals surface area contributed by atoms with E-state index in [4.69, 9.17) is 16.0 Å². The molecule has 0 bridgehead atoms. The lowest BCUT2D eigenvalue weighted by Crippen LogP contribution is -2.44. The molecule has 0 amide bonds. The highest BCUT2D eigenvalue weighted by Gasteiger charge is 2.35. The first-order valence-corrected chi connectivity index (χ1v) is 12.8. The van der Waals surface area contributed by atoms with E-state index in [0.717, 1.165) is 22.9 Å². The van der Waals surface area contributed by atoms with Crippen LogP contribution in [0.4, 0.5) is 0 Å². The van der Waals surface area contributed by atoms with Crippen LogP contribution in [0, 0.1) is 0 Å². The molecule has 10 heteroatoms. The van der Waals surface area contributed by atoms with Gasteiger partial charge in [0.1, 0.15) is 12.3 Å². The average molecular weight is 515 g/mol. The Bertz CT molecular complexity index is 1350. The Balaban J connectivity index is 1.62. The summed E-state index contributed by atoms with van der Waals surface area (Å²) in [6.07, 6.45) is 2.80. The summed E-state index contributed by atoms with van der Waals surface area (Å²) in [5.41, 5.74) is 2.28. The number of hydrogen-bond donors (Lipinski definition) is 2. The number of hydrogen-bond acceptors (Lipinski definition) is 6. The molecule has 3 aromatic carbocycles. The first-order chi connectivity index (χ1) is 16.3. The zero-order chi connectivity index (χ0) is 24.1. The van der Waals surface area contributed by atoms with Gasteiger partial charge in [0.05, 0.1) is 16.3 Å². The molecule has 7 nitrogen and oxygen atoms in total. The maximum atomic E-state index is 13.1. The van der Waals surface area contributed by atoms with E-state index in [2.05, 4.69) is 9.71 Å². The minimum absolute atomic E-state index is 0.0515. The van der Waals surface area contributed by atoms with Crippen LogP contribution in [0.1, 0.15) is 10.8 Å². The lowest BCUT2D eigenvalue weighted by atomic mass is 10.1. The van der Waals surface area contributed by atoms with E-state index in [9.17, 15) is 18.3 Å². The predicted octanol–water partition coefficient (Wildman–Crippen LogP) is 5.26. The second-order valence-electron chi connectivity index (χ2n) is 7.22. The molecule has 0 aliphatic rings. The predicted molar refractivity (Wildman–Crippen MR) is 130 cm³/mol.